The molecule has 0 aliphatic rings. The first-order valence-electron chi connectivity index (χ1n) is 6.12. The highest BCUT2D eigenvalue weighted by molar-refractivity contribution is 9.10. The molecular weight excluding hydrogens is 339 g/mol. The van der Waals surface area contributed by atoms with Crippen molar-refractivity contribution >= 4 is 27.5 Å². The van der Waals surface area contributed by atoms with Gasteiger partial charge in [0.25, 0.3) is 5.91 Å². The van der Waals surface area contributed by atoms with E-state index in [2.05, 4.69) is 15.9 Å². The number of carbonyl (C=O) groups excluding carboxylic acids is 1. The van der Waals surface area contributed by atoms with Crippen LogP contribution in [0.15, 0.2) is 40.9 Å². The summed E-state index contributed by atoms with van der Waals surface area (Å²) in [5.74, 6) is 0.00899. The number of hydrogen-bond donors (Lipinski definition) is 1. The van der Waals surface area contributed by atoms with Crippen LogP contribution in [0.4, 0.5) is 10.1 Å². The summed E-state index contributed by atoms with van der Waals surface area (Å²) >= 11 is 3.07. The highest BCUT2D eigenvalue weighted by Gasteiger charge is 2.12. The lowest BCUT2D eigenvalue weighted by atomic mass is 10.1. The first-order chi connectivity index (χ1) is 9.88. The number of halogens is 2. The van der Waals surface area contributed by atoms with Crippen LogP contribution in [0.3, 0.4) is 0 Å². The van der Waals surface area contributed by atoms with E-state index in [1.165, 1.54) is 23.1 Å². The van der Waals surface area contributed by atoms with E-state index in [1.54, 1.807) is 32.3 Å². The molecule has 2 N–H and O–H groups in total. The Bertz CT molecular complexity index is 689. The standard InChI is InChI=1S/C15H14BrFN2O2/c1-19(2)15(20)9-3-6-13(18)14(7-9)21-10-4-5-11(16)12(17)8-10/h3-8H,18H2,1-2H3. The van der Waals surface area contributed by atoms with Gasteiger partial charge in [-0.1, -0.05) is 0 Å². The zero-order valence-electron chi connectivity index (χ0n) is 11.6. The van der Waals surface area contributed by atoms with Gasteiger partial charge in [-0.2, -0.15) is 0 Å². The van der Waals surface area contributed by atoms with Crippen LogP contribution in [0.2, 0.25) is 0 Å². The smallest absolute Gasteiger partial charge is 0.253 e. The molecule has 1 amide bonds. The van der Waals surface area contributed by atoms with Crippen molar-refractivity contribution in [3.63, 3.8) is 0 Å². The Balaban J connectivity index is 2.32. The quantitative estimate of drug-likeness (QED) is 0.857. The van der Waals surface area contributed by atoms with Crippen molar-refractivity contribution in [2.24, 2.45) is 0 Å². The normalized spacial score (nSPS) is 10.3. The zero-order chi connectivity index (χ0) is 15.6. The van der Waals surface area contributed by atoms with Gasteiger partial charge in [0.15, 0.2) is 5.75 Å². The molecule has 21 heavy (non-hydrogen) atoms. The van der Waals surface area contributed by atoms with Crippen molar-refractivity contribution in [1.82, 2.24) is 4.90 Å². The van der Waals surface area contributed by atoms with Gasteiger partial charge in [-0.15, -0.1) is 0 Å². The molecule has 0 bridgehead atoms. The zero-order valence-corrected chi connectivity index (χ0v) is 13.1. The molecule has 0 unspecified atom stereocenters. The minimum Gasteiger partial charge on any atom is -0.455 e. The molecule has 0 saturated carbocycles. The predicted octanol–water partition coefficient (Wildman–Crippen LogP) is 3.66. The van der Waals surface area contributed by atoms with Crippen LogP contribution in [0, 0.1) is 5.82 Å². The SMILES string of the molecule is CN(C)C(=O)c1ccc(N)c(Oc2ccc(Br)c(F)c2)c1. The summed E-state index contributed by atoms with van der Waals surface area (Å²) in [5.41, 5.74) is 6.64. The second-order valence-electron chi connectivity index (χ2n) is 4.63. The first-order valence-corrected chi connectivity index (χ1v) is 6.92. The molecule has 0 atom stereocenters. The average molecular weight is 353 g/mol. The van der Waals surface area contributed by atoms with E-state index in [9.17, 15) is 9.18 Å². The van der Waals surface area contributed by atoms with Crippen LogP contribution < -0.4 is 10.5 Å². The molecule has 0 radical (unpaired) electrons. The molecule has 2 rings (SSSR count). The van der Waals surface area contributed by atoms with E-state index < -0.39 is 5.82 Å². The highest BCUT2D eigenvalue weighted by atomic mass is 79.9. The van der Waals surface area contributed by atoms with Gasteiger partial charge < -0.3 is 15.4 Å². The number of anilines is 1. The number of rotatable bonds is 3. The molecule has 4 nitrogen and oxygen atoms in total. The molecule has 0 fully saturated rings. The molecule has 0 aliphatic heterocycles. The van der Waals surface area contributed by atoms with Gasteiger partial charge in [-0.05, 0) is 46.3 Å². The van der Waals surface area contributed by atoms with Crippen molar-refractivity contribution in [1.29, 1.82) is 0 Å². The van der Waals surface area contributed by atoms with E-state index in [1.807, 2.05) is 0 Å². The lowest BCUT2D eigenvalue weighted by molar-refractivity contribution is 0.0827. The molecule has 6 heteroatoms. The van der Waals surface area contributed by atoms with Crippen molar-refractivity contribution in [3.05, 3.63) is 52.3 Å². The molecular formula is C15H14BrFN2O2. The highest BCUT2D eigenvalue weighted by Crippen LogP contribution is 2.30. The van der Waals surface area contributed by atoms with E-state index >= 15 is 0 Å². The molecule has 0 aromatic heterocycles. The Hall–Kier alpha value is -2.08. The molecule has 0 heterocycles. The number of carbonyl (C=O) groups is 1. The number of benzene rings is 2. The minimum atomic E-state index is -0.438. The van der Waals surface area contributed by atoms with Crippen molar-refractivity contribution in [2.75, 3.05) is 19.8 Å². The minimum absolute atomic E-state index is 0.165. The second-order valence-corrected chi connectivity index (χ2v) is 5.48. The van der Waals surface area contributed by atoms with Crippen LogP contribution in [-0.2, 0) is 0 Å². The Morgan fingerprint density at radius 2 is 1.95 bits per heavy atom. The average Bonchev–Trinajstić information content (AvgIpc) is 2.44. The maximum absolute atomic E-state index is 13.5. The van der Waals surface area contributed by atoms with Crippen molar-refractivity contribution in [2.45, 2.75) is 0 Å². The third-order valence-electron chi connectivity index (χ3n) is 2.79. The van der Waals surface area contributed by atoms with Crippen LogP contribution in [0.5, 0.6) is 11.5 Å². The van der Waals surface area contributed by atoms with Crippen LogP contribution >= 0.6 is 15.9 Å². The molecule has 0 saturated heterocycles. The number of ether oxygens (including phenoxy) is 1. The maximum Gasteiger partial charge on any atom is 0.253 e. The molecule has 0 aliphatic carbocycles. The summed E-state index contributed by atoms with van der Waals surface area (Å²) in [6, 6.07) is 9.12. The summed E-state index contributed by atoms with van der Waals surface area (Å²) in [6.07, 6.45) is 0. The number of nitrogens with two attached hydrogens (primary N) is 1. The third kappa shape index (κ3) is 3.52. The van der Waals surface area contributed by atoms with Crippen LogP contribution in [0.1, 0.15) is 10.4 Å². The molecule has 2 aromatic rings. The molecule has 110 valence electrons. The molecule has 2 aromatic carbocycles. The number of nitrogens with zero attached hydrogens (tertiary/aromatic N) is 1. The fourth-order valence-electron chi connectivity index (χ4n) is 1.68. The largest absolute Gasteiger partial charge is 0.455 e. The fraction of sp³-hybridized carbons (Fsp3) is 0.133. The summed E-state index contributed by atoms with van der Waals surface area (Å²) in [5, 5.41) is 0. The lowest BCUT2D eigenvalue weighted by Gasteiger charge is -2.13. The van der Waals surface area contributed by atoms with Crippen molar-refractivity contribution < 1.29 is 13.9 Å². The third-order valence-corrected chi connectivity index (χ3v) is 3.43. The number of amides is 1. The summed E-state index contributed by atoms with van der Waals surface area (Å²) in [4.78, 5) is 13.4. The van der Waals surface area contributed by atoms with Gasteiger partial charge in [0.1, 0.15) is 11.6 Å². The Morgan fingerprint density at radius 1 is 1.24 bits per heavy atom. The van der Waals surface area contributed by atoms with Crippen molar-refractivity contribution in [3.8, 4) is 11.5 Å². The predicted molar refractivity (Wildman–Crippen MR) is 83.0 cm³/mol. The monoisotopic (exact) mass is 352 g/mol. The van der Waals surface area contributed by atoms with Gasteiger partial charge >= 0.3 is 0 Å². The van der Waals surface area contributed by atoms with Crippen LogP contribution in [0.25, 0.3) is 0 Å². The lowest BCUT2D eigenvalue weighted by Crippen LogP contribution is -2.21. The Morgan fingerprint density at radius 3 is 2.57 bits per heavy atom. The summed E-state index contributed by atoms with van der Waals surface area (Å²) in [6.45, 7) is 0. The summed E-state index contributed by atoms with van der Waals surface area (Å²) < 4.78 is 19.4. The van der Waals surface area contributed by atoms with Gasteiger partial charge in [0.2, 0.25) is 0 Å². The first kappa shape index (κ1) is 15.3. The molecule has 0 spiro atoms. The van der Waals surface area contributed by atoms with Gasteiger partial charge in [0.05, 0.1) is 10.2 Å². The number of hydrogen-bond acceptors (Lipinski definition) is 3. The summed E-state index contributed by atoms with van der Waals surface area (Å²) in [7, 11) is 3.31. The Labute approximate surface area is 130 Å². The van der Waals surface area contributed by atoms with Gasteiger partial charge in [-0.3, -0.25) is 4.79 Å². The van der Waals surface area contributed by atoms with E-state index in [0.29, 0.717) is 27.2 Å². The van der Waals surface area contributed by atoms with E-state index in [0.717, 1.165) is 0 Å². The van der Waals surface area contributed by atoms with E-state index in [4.69, 9.17) is 10.5 Å². The number of nitrogen functional groups attached to an aromatic ring is 1. The topological polar surface area (TPSA) is 55.6 Å². The van der Waals surface area contributed by atoms with Gasteiger partial charge in [0, 0.05) is 25.7 Å². The Kier molecular flexibility index (Phi) is 4.47. The van der Waals surface area contributed by atoms with E-state index in [-0.39, 0.29) is 5.91 Å². The van der Waals surface area contributed by atoms with Gasteiger partial charge in [-0.25, -0.2) is 4.39 Å². The maximum atomic E-state index is 13.5. The second kappa shape index (κ2) is 6.13. The fourth-order valence-corrected chi connectivity index (χ4v) is 1.93. The van der Waals surface area contributed by atoms with Crippen LogP contribution in [-0.4, -0.2) is 24.9 Å².